The molecule has 0 saturated heterocycles. The van der Waals surface area contributed by atoms with Crippen LogP contribution in [0.25, 0.3) is 11.3 Å². The Kier molecular flexibility index (Phi) is 7.92. The molecule has 3 aromatic carbocycles. The second-order valence-electron chi connectivity index (χ2n) is 7.12. The van der Waals surface area contributed by atoms with Crippen LogP contribution in [-0.2, 0) is 17.6 Å². The predicted octanol–water partition coefficient (Wildman–Crippen LogP) is 4.49. The van der Waals surface area contributed by atoms with Crippen LogP contribution in [-0.4, -0.2) is 28.4 Å². The van der Waals surface area contributed by atoms with E-state index in [2.05, 4.69) is 22.4 Å². The van der Waals surface area contributed by atoms with Gasteiger partial charge < -0.3 is 21.0 Å². The molecule has 0 amide bonds. The molecule has 1 heterocycles. The van der Waals surface area contributed by atoms with E-state index in [-0.39, 0.29) is 5.75 Å². The molecule has 0 fully saturated rings. The molecule has 0 bridgehead atoms. The van der Waals surface area contributed by atoms with Gasteiger partial charge in [0.15, 0.2) is 0 Å². The number of nitrogens with one attached hydrogen (secondary N) is 1. The molecule has 0 aliphatic heterocycles. The van der Waals surface area contributed by atoms with Gasteiger partial charge in [0.1, 0.15) is 17.9 Å². The van der Waals surface area contributed by atoms with E-state index in [1.54, 1.807) is 30.5 Å². The lowest BCUT2D eigenvalue weighted by Crippen LogP contribution is -2.03. The summed E-state index contributed by atoms with van der Waals surface area (Å²) in [4.78, 5) is 19.2. The Morgan fingerprint density at radius 1 is 0.938 bits per heavy atom. The SMILES string of the molecule is CNc1ncc(-c2ccc(O)cc2)nc1Cc1ccccc1.Nc1ccc(CC=O)cc1. The predicted molar refractivity (Wildman–Crippen MR) is 129 cm³/mol. The normalized spacial score (nSPS) is 10.0. The maximum Gasteiger partial charge on any atom is 0.147 e. The number of aromatic nitrogens is 2. The molecule has 0 spiro atoms. The second kappa shape index (κ2) is 11.3. The van der Waals surface area contributed by atoms with Crippen molar-refractivity contribution in [3.8, 4) is 17.0 Å². The van der Waals surface area contributed by atoms with Crippen LogP contribution in [0.2, 0.25) is 0 Å². The molecule has 6 nitrogen and oxygen atoms in total. The number of carbonyl (C=O) groups is 1. The first-order valence-electron chi connectivity index (χ1n) is 10.2. The lowest BCUT2D eigenvalue weighted by molar-refractivity contribution is -0.107. The summed E-state index contributed by atoms with van der Waals surface area (Å²) in [5, 5.41) is 12.5. The Morgan fingerprint density at radius 2 is 1.62 bits per heavy atom. The summed E-state index contributed by atoms with van der Waals surface area (Å²) in [6, 6.07) is 24.5. The maximum absolute atomic E-state index is 10.0. The van der Waals surface area contributed by atoms with Crippen molar-refractivity contribution in [2.75, 3.05) is 18.1 Å². The third kappa shape index (κ3) is 6.40. The van der Waals surface area contributed by atoms with E-state index in [1.807, 2.05) is 49.5 Å². The number of hydrogen-bond donors (Lipinski definition) is 3. The fourth-order valence-electron chi connectivity index (χ4n) is 3.07. The zero-order valence-electron chi connectivity index (χ0n) is 17.9. The summed E-state index contributed by atoms with van der Waals surface area (Å²) in [6.07, 6.45) is 3.81. The van der Waals surface area contributed by atoms with Crippen LogP contribution in [0.15, 0.2) is 85.1 Å². The van der Waals surface area contributed by atoms with Gasteiger partial charge in [-0.15, -0.1) is 0 Å². The maximum atomic E-state index is 10.0. The largest absolute Gasteiger partial charge is 0.508 e. The first-order chi connectivity index (χ1) is 15.6. The smallest absolute Gasteiger partial charge is 0.147 e. The van der Waals surface area contributed by atoms with Gasteiger partial charge in [-0.2, -0.15) is 0 Å². The average Bonchev–Trinajstić information content (AvgIpc) is 2.82. The summed E-state index contributed by atoms with van der Waals surface area (Å²) in [5.74, 6) is 1.03. The molecule has 0 aliphatic rings. The number of anilines is 2. The Morgan fingerprint density at radius 3 is 2.25 bits per heavy atom. The van der Waals surface area contributed by atoms with Gasteiger partial charge in [-0.3, -0.25) is 0 Å². The van der Waals surface area contributed by atoms with Gasteiger partial charge in [-0.25, -0.2) is 9.97 Å². The molecule has 4 rings (SSSR count). The van der Waals surface area contributed by atoms with Gasteiger partial charge in [0, 0.05) is 31.1 Å². The van der Waals surface area contributed by atoms with Crippen LogP contribution in [0.5, 0.6) is 5.75 Å². The van der Waals surface area contributed by atoms with Crippen molar-refractivity contribution in [3.05, 3.63) is 102 Å². The molecule has 6 heteroatoms. The summed E-state index contributed by atoms with van der Waals surface area (Å²) in [6.45, 7) is 0. The molecule has 4 aromatic rings. The average molecular weight is 427 g/mol. The number of nitrogens with two attached hydrogens (primary N) is 1. The zero-order valence-corrected chi connectivity index (χ0v) is 17.9. The van der Waals surface area contributed by atoms with Crippen LogP contribution in [0.3, 0.4) is 0 Å². The van der Waals surface area contributed by atoms with E-state index in [1.165, 1.54) is 5.56 Å². The fraction of sp³-hybridized carbons (Fsp3) is 0.115. The minimum Gasteiger partial charge on any atom is -0.508 e. The molecule has 1 aromatic heterocycles. The monoisotopic (exact) mass is 426 g/mol. The molecule has 0 saturated carbocycles. The van der Waals surface area contributed by atoms with Crippen molar-refractivity contribution in [1.82, 2.24) is 9.97 Å². The Hall–Kier alpha value is -4.19. The summed E-state index contributed by atoms with van der Waals surface area (Å²) < 4.78 is 0. The van der Waals surface area contributed by atoms with E-state index in [4.69, 9.17) is 10.7 Å². The Labute approximate surface area is 187 Å². The van der Waals surface area contributed by atoms with Crippen LogP contribution >= 0.6 is 0 Å². The molecule has 32 heavy (non-hydrogen) atoms. The number of phenols is 1. The van der Waals surface area contributed by atoms with Crippen molar-refractivity contribution in [3.63, 3.8) is 0 Å². The van der Waals surface area contributed by atoms with Gasteiger partial charge in [0.25, 0.3) is 0 Å². The second-order valence-corrected chi connectivity index (χ2v) is 7.12. The minimum absolute atomic E-state index is 0.244. The molecule has 4 N–H and O–H groups in total. The number of nitrogen functional groups attached to an aromatic ring is 1. The molecule has 0 aliphatic carbocycles. The van der Waals surface area contributed by atoms with Crippen LogP contribution in [0, 0.1) is 0 Å². The van der Waals surface area contributed by atoms with Gasteiger partial charge >= 0.3 is 0 Å². The number of rotatable bonds is 6. The number of hydrogen-bond acceptors (Lipinski definition) is 6. The molecular formula is C26H26N4O2. The molecule has 162 valence electrons. The van der Waals surface area contributed by atoms with Crippen LogP contribution < -0.4 is 11.1 Å². The van der Waals surface area contributed by atoms with Crippen molar-refractivity contribution < 1.29 is 9.90 Å². The topological polar surface area (TPSA) is 101 Å². The number of phenolic OH excluding ortho intramolecular Hbond substituents is 1. The number of aromatic hydroxyl groups is 1. The summed E-state index contributed by atoms with van der Waals surface area (Å²) >= 11 is 0. The molecular weight excluding hydrogens is 400 g/mol. The lowest BCUT2D eigenvalue weighted by Gasteiger charge is -2.10. The van der Waals surface area contributed by atoms with Crippen molar-refractivity contribution in [2.45, 2.75) is 12.8 Å². The Bertz CT molecular complexity index is 1130. The number of aldehydes is 1. The highest BCUT2D eigenvalue weighted by atomic mass is 16.3. The highest BCUT2D eigenvalue weighted by molar-refractivity contribution is 5.61. The third-order valence-corrected chi connectivity index (χ3v) is 4.76. The van der Waals surface area contributed by atoms with Gasteiger partial charge in [0.2, 0.25) is 0 Å². The van der Waals surface area contributed by atoms with Gasteiger partial charge in [-0.1, -0.05) is 42.5 Å². The van der Waals surface area contributed by atoms with Crippen molar-refractivity contribution in [2.24, 2.45) is 0 Å². The van der Waals surface area contributed by atoms with Gasteiger partial charge in [-0.05, 0) is 47.5 Å². The highest BCUT2D eigenvalue weighted by Gasteiger charge is 2.09. The van der Waals surface area contributed by atoms with E-state index in [9.17, 15) is 9.90 Å². The highest BCUT2D eigenvalue weighted by Crippen LogP contribution is 2.23. The minimum atomic E-state index is 0.244. The molecule has 0 radical (unpaired) electrons. The van der Waals surface area contributed by atoms with E-state index >= 15 is 0 Å². The standard InChI is InChI=1S/C18H17N3O.C8H9NO/c1-19-18-16(11-13-5-3-2-4-6-13)21-17(12-20-18)14-7-9-15(22)10-8-14;9-8-3-1-7(2-4-8)5-6-10/h2-10,12,22H,11H2,1H3,(H,19,20);1-4,6H,5,9H2. The Balaban J connectivity index is 0.000000243. The lowest BCUT2D eigenvalue weighted by atomic mass is 10.1. The van der Waals surface area contributed by atoms with E-state index in [0.29, 0.717) is 6.42 Å². The number of carbonyl (C=O) groups excluding carboxylic acids is 1. The van der Waals surface area contributed by atoms with Crippen LogP contribution in [0.1, 0.15) is 16.8 Å². The molecule has 0 unspecified atom stereocenters. The van der Waals surface area contributed by atoms with Crippen molar-refractivity contribution in [1.29, 1.82) is 0 Å². The van der Waals surface area contributed by atoms with E-state index in [0.717, 1.165) is 46.7 Å². The first kappa shape index (κ1) is 22.5. The van der Waals surface area contributed by atoms with Crippen LogP contribution in [0.4, 0.5) is 11.5 Å². The summed E-state index contributed by atoms with van der Waals surface area (Å²) in [5.41, 5.74) is 11.0. The van der Waals surface area contributed by atoms with Crippen molar-refractivity contribution >= 4 is 17.8 Å². The molecule has 0 atom stereocenters. The first-order valence-corrected chi connectivity index (χ1v) is 10.2. The fourth-order valence-corrected chi connectivity index (χ4v) is 3.07. The number of benzene rings is 3. The van der Waals surface area contributed by atoms with Gasteiger partial charge in [0.05, 0.1) is 17.6 Å². The van der Waals surface area contributed by atoms with E-state index < -0.39 is 0 Å². The third-order valence-electron chi connectivity index (χ3n) is 4.76. The quantitative estimate of drug-likeness (QED) is 0.310. The zero-order chi connectivity index (χ0) is 22.8. The summed E-state index contributed by atoms with van der Waals surface area (Å²) in [7, 11) is 1.85. The number of nitrogens with zero attached hydrogens (tertiary/aromatic N) is 2.